The number of pyridine rings is 1. The maximum absolute atomic E-state index is 12.8. The van der Waals surface area contributed by atoms with Gasteiger partial charge in [0, 0.05) is 23.7 Å². The van der Waals surface area contributed by atoms with Crippen molar-refractivity contribution < 1.29 is 19.1 Å². The summed E-state index contributed by atoms with van der Waals surface area (Å²) in [5.41, 5.74) is 1.65. The van der Waals surface area contributed by atoms with Crippen LogP contribution in [0.15, 0.2) is 54.6 Å². The molecule has 1 aromatic heterocycles. The summed E-state index contributed by atoms with van der Waals surface area (Å²) in [6.07, 6.45) is 0. The average molecular weight is 391 g/mol. The number of amides is 2. The van der Waals surface area contributed by atoms with Gasteiger partial charge in [-0.25, -0.2) is 4.98 Å². The van der Waals surface area contributed by atoms with Crippen molar-refractivity contribution in [2.45, 2.75) is 6.92 Å². The first-order valence-corrected chi connectivity index (χ1v) is 9.48. The minimum absolute atomic E-state index is 0.0711. The van der Waals surface area contributed by atoms with Crippen LogP contribution in [0, 0.1) is 0 Å². The van der Waals surface area contributed by atoms with Crippen molar-refractivity contribution in [3.63, 3.8) is 0 Å². The van der Waals surface area contributed by atoms with Crippen LogP contribution >= 0.6 is 0 Å². The molecule has 0 bridgehead atoms. The molecule has 2 aromatic carbocycles. The number of ether oxygens (including phenoxy) is 2. The fourth-order valence-electron chi connectivity index (χ4n) is 3.17. The van der Waals surface area contributed by atoms with Crippen molar-refractivity contribution in [2.24, 2.45) is 0 Å². The summed E-state index contributed by atoms with van der Waals surface area (Å²) in [6, 6.07) is 16.4. The van der Waals surface area contributed by atoms with Crippen molar-refractivity contribution >= 4 is 28.4 Å². The second kappa shape index (κ2) is 8.18. The van der Waals surface area contributed by atoms with Crippen LogP contribution in [0.4, 0.5) is 5.69 Å². The molecule has 2 amide bonds. The summed E-state index contributed by atoms with van der Waals surface area (Å²) >= 11 is 0. The standard InChI is InChI=1S/C22H21N3O4/c1-2-25(22(27)18-9-7-15-5-3-4-6-17(15)24-18)14-21(26)23-16-8-10-19-20(13-16)29-12-11-28-19/h3-10,13H,2,11-12,14H2,1H3,(H,23,26). The van der Waals surface area contributed by atoms with E-state index in [9.17, 15) is 9.59 Å². The van der Waals surface area contributed by atoms with Gasteiger partial charge in [0.2, 0.25) is 5.91 Å². The molecule has 0 fully saturated rings. The molecule has 0 radical (unpaired) electrons. The van der Waals surface area contributed by atoms with Gasteiger partial charge in [0.15, 0.2) is 11.5 Å². The molecule has 148 valence electrons. The first kappa shape index (κ1) is 18.7. The van der Waals surface area contributed by atoms with Crippen molar-refractivity contribution in [3.05, 3.63) is 60.3 Å². The summed E-state index contributed by atoms with van der Waals surface area (Å²) < 4.78 is 11.0. The van der Waals surface area contributed by atoms with Crippen molar-refractivity contribution in [2.75, 3.05) is 31.6 Å². The molecule has 0 aliphatic carbocycles. The first-order valence-electron chi connectivity index (χ1n) is 9.48. The zero-order valence-electron chi connectivity index (χ0n) is 16.1. The molecular formula is C22H21N3O4. The number of carbonyl (C=O) groups is 2. The summed E-state index contributed by atoms with van der Waals surface area (Å²) in [5.74, 6) is 0.674. The minimum Gasteiger partial charge on any atom is -0.486 e. The van der Waals surface area contributed by atoms with Gasteiger partial charge in [-0.3, -0.25) is 9.59 Å². The van der Waals surface area contributed by atoms with E-state index in [2.05, 4.69) is 10.3 Å². The SMILES string of the molecule is CCN(CC(=O)Nc1ccc2c(c1)OCCO2)C(=O)c1ccc2ccccc2n1. The van der Waals surface area contributed by atoms with E-state index >= 15 is 0 Å². The number of hydrogen-bond acceptors (Lipinski definition) is 5. The molecule has 2 heterocycles. The minimum atomic E-state index is -0.294. The Balaban J connectivity index is 1.44. The van der Waals surface area contributed by atoms with E-state index in [0.29, 0.717) is 42.6 Å². The van der Waals surface area contributed by atoms with Crippen LogP contribution in [0.3, 0.4) is 0 Å². The van der Waals surface area contributed by atoms with Gasteiger partial charge >= 0.3 is 0 Å². The number of carbonyl (C=O) groups excluding carboxylic acids is 2. The quantitative estimate of drug-likeness (QED) is 0.723. The molecule has 4 rings (SSSR count). The van der Waals surface area contributed by atoms with Gasteiger partial charge in [0.1, 0.15) is 25.5 Å². The molecular weight excluding hydrogens is 370 g/mol. The molecule has 1 aliphatic rings. The molecule has 1 N–H and O–H groups in total. The highest BCUT2D eigenvalue weighted by molar-refractivity contribution is 5.99. The Morgan fingerprint density at radius 3 is 2.66 bits per heavy atom. The third-order valence-electron chi connectivity index (χ3n) is 4.65. The largest absolute Gasteiger partial charge is 0.486 e. The van der Waals surface area contributed by atoms with Gasteiger partial charge in [-0.15, -0.1) is 0 Å². The van der Waals surface area contributed by atoms with E-state index in [1.165, 1.54) is 4.90 Å². The van der Waals surface area contributed by atoms with Crippen LogP contribution in [-0.4, -0.2) is 48.0 Å². The van der Waals surface area contributed by atoms with E-state index < -0.39 is 0 Å². The normalized spacial score (nSPS) is 12.4. The lowest BCUT2D eigenvalue weighted by Crippen LogP contribution is -2.38. The number of likely N-dealkylation sites (N-methyl/N-ethyl adjacent to an activating group) is 1. The number of rotatable bonds is 5. The van der Waals surface area contributed by atoms with E-state index in [-0.39, 0.29) is 18.4 Å². The van der Waals surface area contributed by atoms with Crippen LogP contribution in [0.1, 0.15) is 17.4 Å². The van der Waals surface area contributed by atoms with E-state index in [4.69, 9.17) is 9.47 Å². The smallest absolute Gasteiger partial charge is 0.272 e. The lowest BCUT2D eigenvalue weighted by atomic mass is 10.2. The Bertz CT molecular complexity index is 1070. The molecule has 7 heteroatoms. The lowest BCUT2D eigenvalue weighted by molar-refractivity contribution is -0.116. The number of benzene rings is 2. The molecule has 1 aliphatic heterocycles. The van der Waals surface area contributed by atoms with Gasteiger partial charge in [-0.2, -0.15) is 0 Å². The van der Waals surface area contributed by atoms with Crippen LogP contribution < -0.4 is 14.8 Å². The van der Waals surface area contributed by atoms with Gasteiger partial charge in [0.05, 0.1) is 5.52 Å². The third kappa shape index (κ3) is 4.13. The summed E-state index contributed by atoms with van der Waals surface area (Å²) in [6.45, 7) is 3.13. The summed E-state index contributed by atoms with van der Waals surface area (Å²) in [5, 5.41) is 3.77. The predicted molar refractivity (Wildman–Crippen MR) is 109 cm³/mol. The van der Waals surface area contributed by atoms with Crippen LogP contribution in [0.5, 0.6) is 11.5 Å². The molecule has 0 spiro atoms. The summed E-state index contributed by atoms with van der Waals surface area (Å²) in [4.78, 5) is 31.2. The van der Waals surface area contributed by atoms with Crippen molar-refractivity contribution in [3.8, 4) is 11.5 Å². The molecule has 0 saturated carbocycles. The number of nitrogens with one attached hydrogen (secondary N) is 1. The second-order valence-electron chi connectivity index (χ2n) is 6.62. The van der Waals surface area contributed by atoms with Crippen molar-refractivity contribution in [1.29, 1.82) is 0 Å². The molecule has 29 heavy (non-hydrogen) atoms. The first-order chi connectivity index (χ1) is 14.1. The Kier molecular flexibility index (Phi) is 5.29. The molecule has 0 unspecified atom stereocenters. The molecule has 0 atom stereocenters. The van der Waals surface area contributed by atoms with Gasteiger partial charge in [-0.1, -0.05) is 24.3 Å². The number of aromatic nitrogens is 1. The Labute approximate surface area is 168 Å². The third-order valence-corrected chi connectivity index (χ3v) is 4.65. The van der Waals surface area contributed by atoms with Crippen LogP contribution in [0.25, 0.3) is 10.9 Å². The van der Waals surface area contributed by atoms with Crippen LogP contribution in [-0.2, 0) is 4.79 Å². The van der Waals surface area contributed by atoms with E-state index in [1.807, 2.05) is 37.3 Å². The Morgan fingerprint density at radius 2 is 1.83 bits per heavy atom. The highest BCUT2D eigenvalue weighted by atomic mass is 16.6. The van der Waals surface area contributed by atoms with Gasteiger partial charge in [-0.05, 0) is 31.2 Å². The van der Waals surface area contributed by atoms with Crippen LogP contribution in [0.2, 0.25) is 0 Å². The highest BCUT2D eigenvalue weighted by Crippen LogP contribution is 2.32. The fraction of sp³-hybridized carbons (Fsp3) is 0.227. The van der Waals surface area contributed by atoms with Gasteiger partial charge in [0.25, 0.3) is 5.91 Å². The number of hydrogen-bond donors (Lipinski definition) is 1. The van der Waals surface area contributed by atoms with E-state index in [0.717, 1.165) is 10.9 Å². The molecule has 0 saturated heterocycles. The Hall–Kier alpha value is -3.61. The zero-order chi connectivity index (χ0) is 20.2. The topological polar surface area (TPSA) is 80.8 Å². The second-order valence-corrected chi connectivity index (χ2v) is 6.62. The van der Waals surface area contributed by atoms with E-state index in [1.54, 1.807) is 24.3 Å². The number of anilines is 1. The maximum atomic E-state index is 12.8. The molecule has 3 aromatic rings. The number of para-hydroxylation sites is 1. The number of fused-ring (bicyclic) bond motifs is 2. The predicted octanol–water partition coefficient (Wildman–Crippen LogP) is 3.11. The van der Waals surface area contributed by atoms with Gasteiger partial charge < -0.3 is 19.7 Å². The average Bonchev–Trinajstić information content (AvgIpc) is 2.76. The lowest BCUT2D eigenvalue weighted by Gasteiger charge is -2.21. The number of nitrogens with zero attached hydrogens (tertiary/aromatic N) is 2. The highest BCUT2D eigenvalue weighted by Gasteiger charge is 2.19. The molecule has 7 nitrogen and oxygen atoms in total. The fourth-order valence-corrected chi connectivity index (χ4v) is 3.17. The monoisotopic (exact) mass is 391 g/mol. The summed E-state index contributed by atoms with van der Waals surface area (Å²) in [7, 11) is 0. The van der Waals surface area contributed by atoms with Crippen molar-refractivity contribution in [1.82, 2.24) is 9.88 Å². The zero-order valence-corrected chi connectivity index (χ0v) is 16.1. The maximum Gasteiger partial charge on any atom is 0.272 e. The Morgan fingerprint density at radius 1 is 1.03 bits per heavy atom.